The van der Waals surface area contributed by atoms with Gasteiger partial charge in [0.25, 0.3) is 5.91 Å². The zero-order chi connectivity index (χ0) is 10.8. The third kappa shape index (κ3) is 2.25. The Balaban J connectivity index is 2.25. The average molecular weight is 241 g/mol. The molecule has 1 aliphatic heterocycles. The van der Waals surface area contributed by atoms with Crippen LogP contribution in [0.25, 0.3) is 0 Å². The van der Waals surface area contributed by atoms with Crippen molar-refractivity contribution < 1.29 is 4.79 Å². The van der Waals surface area contributed by atoms with Crippen LogP contribution in [-0.4, -0.2) is 5.91 Å². The number of azo groups is 1. The van der Waals surface area contributed by atoms with Crippen LogP contribution in [0, 0.1) is 0 Å². The number of carbonyl (C=O) groups is 1. The molecule has 3 nitrogen and oxygen atoms in total. The fraction of sp³-hybridized carbons (Fsp3) is 0.100. The summed E-state index contributed by atoms with van der Waals surface area (Å²) in [5.74, 6) is -0.314. The van der Waals surface area contributed by atoms with Gasteiger partial charge in [0, 0.05) is 22.0 Å². The molecule has 0 spiro atoms. The van der Waals surface area contributed by atoms with Gasteiger partial charge in [0.05, 0.1) is 6.20 Å². The summed E-state index contributed by atoms with van der Waals surface area (Å²) in [4.78, 5) is 11.2. The molecule has 0 saturated heterocycles. The summed E-state index contributed by atoms with van der Waals surface area (Å²) in [6, 6.07) is 5.14. The number of amides is 1. The number of halogens is 2. The molecule has 76 valence electrons. The molecule has 1 aromatic carbocycles. The Morgan fingerprint density at radius 1 is 1.27 bits per heavy atom. The molecule has 1 aliphatic rings. The predicted molar refractivity (Wildman–Crippen MR) is 58.1 cm³/mol. The summed E-state index contributed by atoms with van der Waals surface area (Å²) in [5, 5.41) is 8.09. The van der Waals surface area contributed by atoms with Gasteiger partial charge in [-0.15, -0.1) is 5.11 Å². The van der Waals surface area contributed by atoms with Gasteiger partial charge in [0.2, 0.25) is 0 Å². The van der Waals surface area contributed by atoms with Crippen molar-refractivity contribution in [1.29, 1.82) is 0 Å². The first-order chi connectivity index (χ1) is 7.16. The molecule has 0 saturated carbocycles. The van der Waals surface area contributed by atoms with Gasteiger partial charge in [-0.2, -0.15) is 5.11 Å². The summed E-state index contributed by atoms with van der Waals surface area (Å²) >= 11 is 11.8. The Labute approximate surface area is 96.4 Å². The van der Waals surface area contributed by atoms with Gasteiger partial charge in [-0.1, -0.05) is 23.2 Å². The smallest absolute Gasteiger partial charge is 0.265 e. The largest absolute Gasteiger partial charge is 0.293 e. The van der Waals surface area contributed by atoms with Crippen LogP contribution in [0.4, 0.5) is 0 Å². The lowest BCUT2D eigenvalue weighted by Crippen LogP contribution is -1.99. The summed E-state index contributed by atoms with van der Waals surface area (Å²) in [6.07, 6.45) is 1.85. The first-order valence-corrected chi connectivity index (χ1v) is 5.00. The van der Waals surface area contributed by atoms with E-state index < -0.39 is 0 Å². The van der Waals surface area contributed by atoms with Gasteiger partial charge in [-0.05, 0) is 23.8 Å². The number of hydrogen-bond acceptors (Lipinski definition) is 2. The van der Waals surface area contributed by atoms with E-state index in [0.29, 0.717) is 22.0 Å². The molecule has 0 unspecified atom stereocenters. The fourth-order valence-corrected chi connectivity index (χ4v) is 1.65. The molecular weight excluding hydrogens is 235 g/mol. The minimum atomic E-state index is -0.314. The second kappa shape index (κ2) is 4.13. The fourth-order valence-electron chi connectivity index (χ4n) is 1.28. The van der Waals surface area contributed by atoms with E-state index in [1.165, 1.54) is 6.20 Å². The predicted octanol–water partition coefficient (Wildman–Crippen LogP) is 3.41. The highest BCUT2D eigenvalue weighted by Crippen LogP contribution is 2.24. The molecule has 0 radical (unpaired) electrons. The first kappa shape index (κ1) is 10.3. The molecule has 5 heteroatoms. The Kier molecular flexibility index (Phi) is 2.84. The highest BCUT2D eigenvalue weighted by Gasteiger charge is 2.15. The molecule has 0 fully saturated rings. The maximum atomic E-state index is 11.2. The van der Waals surface area contributed by atoms with Crippen molar-refractivity contribution in [3.63, 3.8) is 0 Å². The molecule has 1 heterocycles. The van der Waals surface area contributed by atoms with Crippen LogP contribution in [-0.2, 0) is 11.2 Å². The maximum absolute atomic E-state index is 11.2. The van der Waals surface area contributed by atoms with Crippen LogP contribution in [0.1, 0.15) is 5.56 Å². The molecule has 0 bridgehead atoms. The minimum Gasteiger partial charge on any atom is -0.265 e. The summed E-state index contributed by atoms with van der Waals surface area (Å²) in [5.41, 5.74) is 1.33. The van der Waals surface area contributed by atoms with E-state index in [1.807, 2.05) is 0 Å². The number of nitrogens with zero attached hydrogens (tertiary/aromatic N) is 2. The SMILES string of the molecule is O=C1N=NC=C1Cc1cc(Cl)ccc1Cl. The van der Waals surface area contributed by atoms with Crippen molar-refractivity contribution in [3.05, 3.63) is 45.6 Å². The maximum Gasteiger partial charge on any atom is 0.293 e. The molecule has 0 aromatic heterocycles. The molecule has 0 atom stereocenters. The Bertz CT molecular complexity index is 480. The quantitative estimate of drug-likeness (QED) is 0.782. The minimum absolute atomic E-state index is 0.314. The second-order valence-corrected chi connectivity index (χ2v) is 3.93. The average Bonchev–Trinajstić information content (AvgIpc) is 2.58. The lowest BCUT2D eigenvalue weighted by Gasteiger charge is -2.03. The third-order valence-corrected chi connectivity index (χ3v) is 2.63. The van der Waals surface area contributed by atoms with Gasteiger partial charge in [0.15, 0.2) is 0 Å². The number of benzene rings is 1. The number of rotatable bonds is 2. The van der Waals surface area contributed by atoms with E-state index in [1.54, 1.807) is 18.2 Å². The van der Waals surface area contributed by atoms with Crippen LogP contribution < -0.4 is 0 Å². The number of hydrogen-bond donors (Lipinski definition) is 0. The third-order valence-electron chi connectivity index (χ3n) is 2.03. The van der Waals surface area contributed by atoms with E-state index in [4.69, 9.17) is 23.2 Å². The highest BCUT2D eigenvalue weighted by atomic mass is 35.5. The van der Waals surface area contributed by atoms with Crippen molar-refractivity contribution in [2.75, 3.05) is 0 Å². The first-order valence-electron chi connectivity index (χ1n) is 4.25. The van der Waals surface area contributed by atoms with Gasteiger partial charge in [0.1, 0.15) is 0 Å². The number of carbonyl (C=O) groups excluding carboxylic acids is 1. The van der Waals surface area contributed by atoms with E-state index in [0.717, 1.165) is 5.56 Å². The van der Waals surface area contributed by atoms with E-state index in [9.17, 15) is 4.79 Å². The van der Waals surface area contributed by atoms with Crippen molar-refractivity contribution in [2.24, 2.45) is 10.2 Å². The van der Waals surface area contributed by atoms with Crippen LogP contribution in [0.15, 0.2) is 40.2 Å². The Morgan fingerprint density at radius 2 is 2.07 bits per heavy atom. The van der Waals surface area contributed by atoms with E-state index >= 15 is 0 Å². The lowest BCUT2D eigenvalue weighted by molar-refractivity contribution is -0.114. The standard InChI is InChI=1S/C10H6Cl2N2O/c11-8-1-2-9(12)6(4-8)3-7-5-13-14-10(7)15/h1-2,4-5H,3H2. The van der Waals surface area contributed by atoms with Crippen LogP contribution in [0.2, 0.25) is 10.0 Å². The summed E-state index contributed by atoms with van der Waals surface area (Å²) in [6.45, 7) is 0. The van der Waals surface area contributed by atoms with E-state index in [-0.39, 0.29) is 5.91 Å². The van der Waals surface area contributed by atoms with E-state index in [2.05, 4.69) is 10.2 Å². The van der Waals surface area contributed by atoms with Crippen LogP contribution >= 0.6 is 23.2 Å². The van der Waals surface area contributed by atoms with Crippen molar-refractivity contribution in [2.45, 2.75) is 6.42 Å². The van der Waals surface area contributed by atoms with Crippen LogP contribution in [0.5, 0.6) is 0 Å². The molecule has 2 rings (SSSR count). The Hall–Kier alpha value is -1.19. The van der Waals surface area contributed by atoms with Crippen molar-refractivity contribution in [3.8, 4) is 0 Å². The molecule has 0 aliphatic carbocycles. The van der Waals surface area contributed by atoms with Gasteiger partial charge < -0.3 is 0 Å². The van der Waals surface area contributed by atoms with Crippen molar-refractivity contribution >= 4 is 29.1 Å². The summed E-state index contributed by atoms with van der Waals surface area (Å²) in [7, 11) is 0. The second-order valence-electron chi connectivity index (χ2n) is 3.09. The monoisotopic (exact) mass is 240 g/mol. The molecule has 15 heavy (non-hydrogen) atoms. The topological polar surface area (TPSA) is 41.8 Å². The zero-order valence-electron chi connectivity index (χ0n) is 7.58. The molecule has 1 amide bonds. The van der Waals surface area contributed by atoms with Crippen LogP contribution in [0.3, 0.4) is 0 Å². The highest BCUT2D eigenvalue weighted by molar-refractivity contribution is 6.33. The zero-order valence-corrected chi connectivity index (χ0v) is 9.09. The molecule has 0 N–H and O–H groups in total. The van der Waals surface area contributed by atoms with Gasteiger partial charge >= 0.3 is 0 Å². The van der Waals surface area contributed by atoms with Crippen molar-refractivity contribution in [1.82, 2.24) is 0 Å². The van der Waals surface area contributed by atoms with Gasteiger partial charge in [-0.25, -0.2) is 0 Å². The Morgan fingerprint density at radius 3 is 2.73 bits per heavy atom. The normalized spacial score (nSPS) is 14.5. The summed E-state index contributed by atoms with van der Waals surface area (Å²) < 4.78 is 0. The molecular formula is C10H6Cl2N2O. The van der Waals surface area contributed by atoms with Gasteiger partial charge in [-0.3, -0.25) is 4.79 Å². The molecule has 1 aromatic rings. The lowest BCUT2D eigenvalue weighted by atomic mass is 10.1.